The van der Waals surface area contributed by atoms with Crippen molar-refractivity contribution in [1.29, 1.82) is 0 Å². The molecule has 1 N–H and O–H groups in total. The van der Waals surface area contributed by atoms with E-state index >= 15 is 0 Å². The van der Waals surface area contributed by atoms with Crippen LogP contribution in [0.4, 0.5) is 0 Å². The topological polar surface area (TPSA) is 12.0 Å². The Kier molecular flexibility index (Phi) is 5.37. The average Bonchev–Trinajstić information content (AvgIpc) is 2.44. The number of benzene rings is 2. The zero-order valence-electron chi connectivity index (χ0n) is 12.8. The van der Waals surface area contributed by atoms with Crippen LogP contribution in [-0.4, -0.2) is 13.6 Å². The minimum atomic E-state index is 0.643. The molecule has 0 radical (unpaired) electrons. The van der Waals surface area contributed by atoms with E-state index in [0.29, 0.717) is 5.92 Å². The molecule has 0 aromatic heterocycles. The van der Waals surface area contributed by atoms with Crippen molar-refractivity contribution >= 4 is 0 Å². The lowest BCUT2D eigenvalue weighted by atomic mass is 9.91. The van der Waals surface area contributed by atoms with Gasteiger partial charge in [0.05, 0.1) is 0 Å². The molecule has 2 aromatic rings. The van der Waals surface area contributed by atoms with Crippen LogP contribution in [0.5, 0.6) is 0 Å². The maximum Gasteiger partial charge on any atom is -0.00172 e. The Labute approximate surface area is 123 Å². The summed E-state index contributed by atoms with van der Waals surface area (Å²) in [6.45, 7) is 5.43. The molecule has 0 saturated carbocycles. The van der Waals surface area contributed by atoms with Crippen LogP contribution in [0, 0.1) is 19.8 Å². The van der Waals surface area contributed by atoms with Gasteiger partial charge in [-0.05, 0) is 68.5 Å². The highest BCUT2D eigenvalue weighted by molar-refractivity contribution is 5.30. The van der Waals surface area contributed by atoms with Gasteiger partial charge in [0, 0.05) is 0 Å². The van der Waals surface area contributed by atoms with Crippen molar-refractivity contribution in [1.82, 2.24) is 5.32 Å². The first kappa shape index (κ1) is 14.8. The average molecular weight is 267 g/mol. The third-order valence-corrected chi connectivity index (χ3v) is 3.96. The van der Waals surface area contributed by atoms with Gasteiger partial charge in [0.15, 0.2) is 0 Å². The van der Waals surface area contributed by atoms with Crippen LogP contribution in [0.1, 0.15) is 22.3 Å². The van der Waals surface area contributed by atoms with Gasteiger partial charge in [-0.15, -0.1) is 0 Å². The number of hydrogen-bond acceptors (Lipinski definition) is 1. The SMILES string of the molecule is CNCC(Cc1ccccc1)Cc1ccc(C)c(C)c1. The summed E-state index contributed by atoms with van der Waals surface area (Å²) in [6, 6.07) is 17.6. The minimum absolute atomic E-state index is 0.643. The maximum atomic E-state index is 3.33. The molecule has 0 aliphatic heterocycles. The number of nitrogens with one attached hydrogen (secondary N) is 1. The predicted molar refractivity (Wildman–Crippen MR) is 87.2 cm³/mol. The second-order valence-corrected chi connectivity index (χ2v) is 5.74. The van der Waals surface area contributed by atoms with Crippen molar-refractivity contribution in [3.63, 3.8) is 0 Å². The highest BCUT2D eigenvalue weighted by atomic mass is 14.8. The van der Waals surface area contributed by atoms with Gasteiger partial charge in [-0.2, -0.15) is 0 Å². The number of aryl methyl sites for hydroxylation is 2. The fraction of sp³-hybridized carbons (Fsp3) is 0.368. The quantitative estimate of drug-likeness (QED) is 0.836. The Bertz CT molecular complexity index is 531. The van der Waals surface area contributed by atoms with Crippen LogP contribution < -0.4 is 5.32 Å². The molecule has 0 bridgehead atoms. The second kappa shape index (κ2) is 7.25. The number of hydrogen-bond donors (Lipinski definition) is 1. The minimum Gasteiger partial charge on any atom is -0.319 e. The first-order valence-electron chi connectivity index (χ1n) is 7.43. The van der Waals surface area contributed by atoms with Gasteiger partial charge in [-0.1, -0.05) is 48.5 Å². The molecule has 1 atom stereocenters. The molecular formula is C19H25N. The summed E-state index contributed by atoms with van der Waals surface area (Å²) in [5, 5.41) is 3.33. The van der Waals surface area contributed by atoms with Gasteiger partial charge < -0.3 is 5.32 Å². The lowest BCUT2D eigenvalue weighted by molar-refractivity contribution is 0.493. The Morgan fingerprint density at radius 2 is 1.55 bits per heavy atom. The molecule has 2 rings (SSSR count). The molecule has 20 heavy (non-hydrogen) atoms. The molecule has 0 spiro atoms. The molecule has 1 nitrogen and oxygen atoms in total. The van der Waals surface area contributed by atoms with E-state index in [4.69, 9.17) is 0 Å². The monoisotopic (exact) mass is 267 g/mol. The Morgan fingerprint density at radius 3 is 2.20 bits per heavy atom. The van der Waals surface area contributed by atoms with Gasteiger partial charge >= 0.3 is 0 Å². The normalized spacial score (nSPS) is 12.3. The molecule has 1 heteroatoms. The highest BCUT2D eigenvalue weighted by Crippen LogP contribution is 2.17. The summed E-state index contributed by atoms with van der Waals surface area (Å²) in [7, 11) is 2.04. The summed E-state index contributed by atoms with van der Waals surface area (Å²) in [5.41, 5.74) is 5.65. The predicted octanol–water partition coefficient (Wildman–Crippen LogP) is 3.92. The fourth-order valence-corrected chi connectivity index (χ4v) is 2.72. The van der Waals surface area contributed by atoms with Gasteiger partial charge in [0.1, 0.15) is 0 Å². The van der Waals surface area contributed by atoms with E-state index in [1.165, 1.54) is 22.3 Å². The Hall–Kier alpha value is -1.60. The van der Waals surface area contributed by atoms with E-state index in [1.807, 2.05) is 7.05 Å². The standard InChI is InChI=1S/C19H25N/c1-15-9-10-18(11-16(15)2)13-19(14-20-3)12-17-7-5-4-6-8-17/h4-11,19-20H,12-14H2,1-3H3. The summed E-state index contributed by atoms with van der Waals surface area (Å²) in [4.78, 5) is 0. The largest absolute Gasteiger partial charge is 0.319 e. The van der Waals surface area contributed by atoms with E-state index in [2.05, 4.69) is 67.7 Å². The smallest absolute Gasteiger partial charge is 0.00172 e. The molecule has 0 aliphatic rings. The second-order valence-electron chi connectivity index (χ2n) is 5.74. The molecule has 0 aliphatic carbocycles. The summed E-state index contributed by atoms with van der Waals surface area (Å²) >= 11 is 0. The van der Waals surface area contributed by atoms with Crippen LogP contribution in [0.15, 0.2) is 48.5 Å². The van der Waals surface area contributed by atoms with Crippen molar-refractivity contribution in [2.24, 2.45) is 5.92 Å². The first-order valence-corrected chi connectivity index (χ1v) is 7.43. The molecule has 106 valence electrons. The summed E-state index contributed by atoms with van der Waals surface area (Å²) in [5.74, 6) is 0.643. The van der Waals surface area contributed by atoms with E-state index in [1.54, 1.807) is 0 Å². The highest BCUT2D eigenvalue weighted by Gasteiger charge is 2.10. The van der Waals surface area contributed by atoms with E-state index in [9.17, 15) is 0 Å². The molecule has 2 aromatic carbocycles. The molecular weight excluding hydrogens is 242 g/mol. The molecule has 0 fully saturated rings. The van der Waals surface area contributed by atoms with Gasteiger partial charge in [-0.3, -0.25) is 0 Å². The Balaban J connectivity index is 2.06. The molecule has 1 unspecified atom stereocenters. The summed E-state index contributed by atoms with van der Waals surface area (Å²) < 4.78 is 0. The van der Waals surface area contributed by atoms with Crippen molar-refractivity contribution in [3.8, 4) is 0 Å². The molecule has 0 amide bonds. The van der Waals surface area contributed by atoms with Crippen molar-refractivity contribution in [2.45, 2.75) is 26.7 Å². The lowest BCUT2D eigenvalue weighted by Gasteiger charge is -2.17. The lowest BCUT2D eigenvalue weighted by Crippen LogP contribution is -2.22. The summed E-state index contributed by atoms with van der Waals surface area (Å²) in [6.07, 6.45) is 2.27. The van der Waals surface area contributed by atoms with Crippen molar-refractivity contribution < 1.29 is 0 Å². The number of rotatable bonds is 6. The van der Waals surface area contributed by atoms with Gasteiger partial charge in [0.2, 0.25) is 0 Å². The third-order valence-electron chi connectivity index (χ3n) is 3.96. The molecule has 0 heterocycles. The zero-order chi connectivity index (χ0) is 14.4. The van der Waals surface area contributed by atoms with Crippen LogP contribution in [0.25, 0.3) is 0 Å². The van der Waals surface area contributed by atoms with Crippen molar-refractivity contribution in [2.75, 3.05) is 13.6 Å². The van der Waals surface area contributed by atoms with E-state index in [-0.39, 0.29) is 0 Å². The third kappa shape index (κ3) is 4.21. The zero-order valence-corrected chi connectivity index (χ0v) is 12.8. The van der Waals surface area contributed by atoms with E-state index in [0.717, 1.165) is 19.4 Å². The van der Waals surface area contributed by atoms with Crippen LogP contribution >= 0.6 is 0 Å². The first-order chi connectivity index (χ1) is 9.69. The van der Waals surface area contributed by atoms with Crippen LogP contribution in [0.2, 0.25) is 0 Å². The fourth-order valence-electron chi connectivity index (χ4n) is 2.72. The van der Waals surface area contributed by atoms with Crippen molar-refractivity contribution in [3.05, 3.63) is 70.8 Å². The van der Waals surface area contributed by atoms with Gasteiger partial charge in [-0.25, -0.2) is 0 Å². The van der Waals surface area contributed by atoms with Crippen LogP contribution in [0.3, 0.4) is 0 Å². The van der Waals surface area contributed by atoms with Crippen LogP contribution in [-0.2, 0) is 12.8 Å². The van der Waals surface area contributed by atoms with Gasteiger partial charge in [0.25, 0.3) is 0 Å². The molecule has 0 saturated heterocycles. The Morgan fingerprint density at radius 1 is 0.850 bits per heavy atom. The van der Waals surface area contributed by atoms with E-state index < -0.39 is 0 Å². The maximum absolute atomic E-state index is 3.33.